The third kappa shape index (κ3) is 5.80. The number of hydrogen-bond acceptors (Lipinski definition) is 5. The minimum atomic E-state index is -2.89. The summed E-state index contributed by atoms with van der Waals surface area (Å²) in [6.45, 7) is 3.58. The lowest BCUT2D eigenvalue weighted by Crippen LogP contribution is -2.45. The van der Waals surface area contributed by atoms with Crippen molar-refractivity contribution in [2.75, 3.05) is 37.7 Å². The van der Waals surface area contributed by atoms with Crippen molar-refractivity contribution in [2.45, 2.75) is 13.0 Å². The maximum absolute atomic E-state index is 13.1. The molecular formula is C15H21FN2O4S. The van der Waals surface area contributed by atoms with Crippen LogP contribution in [0.25, 0.3) is 0 Å². The lowest BCUT2D eigenvalue weighted by Gasteiger charge is -2.26. The van der Waals surface area contributed by atoms with Gasteiger partial charge in [-0.05, 0) is 19.1 Å². The number of halogens is 1. The van der Waals surface area contributed by atoms with E-state index in [9.17, 15) is 17.6 Å². The van der Waals surface area contributed by atoms with Gasteiger partial charge in [0.2, 0.25) is 0 Å². The van der Waals surface area contributed by atoms with E-state index in [0.717, 1.165) is 0 Å². The van der Waals surface area contributed by atoms with Crippen molar-refractivity contribution < 1.29 is 22.3 Å². The number of nitrogens with one attached hydrogen (secondary N) is 1. The number of benzene rings is 1. The van der Waals surface area contributed by atoms with E-state index in [2.05, 4.69) is 5.32 Å². The van der Waals surface area contributed by atoms with Gasteiger partial charge in [0.15, 0.2) is 15.9 Å². The van der Waals surface area contributed by atoms with E-state index in [1.54, 1.807) is 13.0 Å². The molecule has 6 nitrogen and oxygen atoms in total. The summed E-state index contributed by atoms with van der Waals surface area (Å²) in [6.07, 6.45) is -0.737. The van der Waals surface area contributed by atoms with Gasteiger partial charge in [0.05, 0.1) is 11.5 Å². The molecule has 1 aliphatic rings. The highest BCUT2D eigenvalue weighted by Gasteiger charge is 2.21. The van der Waals surface area contributed by atoms with E-state index in [1.165, 1.54) is 18.2 Å². The van der Waals surface area contributed by atoms with Crippen LogP contribution in [0.15, 0.2) is 24.3 Å². The number of nitrogens with zero attached hydrogens (tertiary/aromatic N) is 1. The highest BCUT2D eigenvalue weighted by Crippen LogP contribution is 2.13. The molecule has 0 aromatic heterocycles. The van der Waals surface area contributed by atoms with Crippen LogP contribution in [0, 0.1) is 5.82 Å². The molecule has 0 bridgehead atoms. The van der Waals surface area contributed by atoms with Crippen LogP contribution < -0.4 is 10.1 Å². The Balaban J connectivity index is 1.70. The first-order chi connectivity index (χ1) is 10.9. The molecule has 1 aromatic rings. The fourth-order valence-electron chi connectivity index (χ4n) is 2.25. The van der Waals surface area contributed by atoms with E-state index in [0.29, 0.717) is 31.9 Å². The normalized spacial score (nSPS) is 19.0. The predicted molar refractivity (Wildman–Crippen MR) is 84.6 cm³/mol. The first-order valence-electron chi connectivity index (χ1n) is 7.48. The summed E-state index contributed by atoms with van der Waals surface area (Å²) in [5.41, 5.74) is 0. The summed E-state index contributed by atoms with van der Waals surface area (Å²) in [6, 6.07) is 5.62. The summed E-state index contributed by atoms with van der Waals surface area (Å²) < 4.78 is 41.1. The molecule has 1 unspecified atom stereocenters. The molecule has 0 spiro atoms. The monoisotopic (exact) mass is 344 g/mol. The van der Waals surface area contributed by atoms with Crippen molar-refractivity contribution in [3.8, 4) is 5.75 Å². The topological polar surface area (TPSA) is 75.7 Å². The fourth-order valence-corrected chi connectivity index (χ4v) is 3.53. The highest BCUT2D eigenvalue weighted by atomic mass is 32.2. The Morgan fingerprint density at radius 1 is 1.39 bits per heavy atom. The van der Waals surface area contributed by atoms with Crippen LogP contribution in [0.3, 0.4) is 0 Å². The van der Waals surface area contributed by atoms with Gasteiger partial charge in [-0.3, -0.25) is 9.69 Å². The highest BCUT2D eigenvalue weighted by molar-refractivity contribution is 7.91. The largest absolute Gasteiger partial charge is 0.481 e. The summed E-state index contributed by atoms with van der Waals surface area (Å²) in [5.74, 6) is -0.0806. The van der Waals surface area contributed by atoms with Crippen molar-refractivity contribution in [2.24, 2.45) is 0 Å². The van der Waals surface area contributed by atoms with Crippen molar-refractivity contribution in [3.63, 3.8) is 0 Å². The molecule has 1 heterocycles. The molecule has 1 aromatic carbocycles. The van der Waals surface area contributed by atoms with Crippen molar-refractivity contribution in [1.29, 1.82) is 0 Å². The van der Waals surface area contributed by atoms with Gasteiger partial charge in [-0.1, -0.05) is 6.07 Å². The minimum absolute atomic E-state index is 0.167. The van der Waals surface area contributed by atoms with Gasteiger partial charge < -0.3 is 10.1 Å². The molecular weight excluding hydrogens is 323 g/mol. The molecule has 0 radical (unpaired) electrons. The first-order valence-corrected chi connectivity index (χ1v) is 9.30. The van der Waals surface area contributed by atoms with E-state index < -0.39 is 21.8 Å². The van der Waals surface area contributed by atoms with Crippen LogP contribution >= 0.6 is 0 Å². The molecule has 23 heavy (non-hydrogen) atoms. The second-order valence-corrected chi connectivity index (χ2v) is 7.81. The minimum Gasteiger partial charge on any atom is -0.481 e. The smallest absolute Gasteiger partial charge is 0.260 e. The summed E-state index contributed by atoms with van der Waals surface area (Å²) in [7, 11) is -2.89. The lowest BCUT2D eigenvalue weighted by atomic mass is 10.3. The molecule has 8 heteroatoms. The maximum atomic E-state index is 13.1. The number of carbonyl (C=O) groups excluding carboxylic acids is 1. The Morgan fingerprint density at radius 2 is 2.09 bits per heavy atom. The van der Waals surface area contributed by atoms with E-state index >= 15 is 0 Å². The van der Waals surface area contributed by atoms with Crippen molar-refractivity contribution >= 4 is 15.7 Å². The Kier molecular flexibility index (Phi) is 5.95. The van der Waals surface area contributed by atoms with Gasteiger partial charge in [-0.15, -0.1) is 0 Å². The number of ether oxygens (including phenoxy) is 1. The molecule has 1 fully saturated rings. The van der Waals surface area contributed by atoms with Crippen LogP contribution in [-0.4, -0.2) is 63.0 Å². The summed E-state index contributed by atoms with van der Waals surface area (Å²) in [4.78, 5) is 13.9. The van der Waals surface area contributed by atoms with Gasteiger partial charge >= 0.3 is 0 Å². The van der Waals surface area contributed by atoms with Crippen LogP contribution in [0.4, 0.5) is 4.39 Å². The first kappa shape index (κ1) is 17.7. The zero-order valence-electron chi connectivity index (χ0n) is 13.0. The van der Waals surface area contributed by atoms with Gasteiger partial charge in [0.1, 0.15) is 11.6 Å². The van der Waals surface area contributed by atoms with Crippen LogP contribution in [0.2, 0.25) is 0 Å². The van der Waals surface area contributed by atoms with Crippen molar-refractivity contribution in [3.05, 3.63) is 30.1 Å². The third-order valence-electron chi connectivity index (χ3n) is 3.64. The zero-order chi connectivity index (χ0) is 16.9. The Bertz CT molecular complexity index is 637. The summed E-state index contributed by atoms with van der Waals surface area (Å²) in [5, 5.41) is 2.74. The zero-order valence-corrected chi connectivity index (χ0v) is 13.8. The van der Waals surface area contributed by atoms with Gasteiger partial charge in [0.25, 0.3) is 5.91 Å². The molecule has 0 saturated carbocycles. The fraction of sp³-hybridized carbons (Fsp3) is 0.533. The Hall–Kier alpha value is -1.67. The second-order valence-electron chi connectivity index (χ2n) is 5.50. The lowest BCUT2D eigenvalue weighted by molar-refractivity contribution is -0.127. The Morgan fingerprint density at radius 3 is 2.74 bits per heavy atom. The van der Waals surface area contributed by atoms with E-state index in [-0.39, 0.29) is 17.4 Å². The van der Waals surface area contributed by atoms with Gasteiger partial charge in [-0.2, -0.15) is 0 Å². The van der Waals surface area contributed by atoms with Gasteiger partial charge in [-0.25, -0.2) is 12.8 Å². The summed E-state index contributed by atoms with van der Waals surface area (Å²) >= 11 is 0. The molecule has 1 saturated heterocycles. The third-order valence-corrected chi connectivity index (χ3v) is 5.25. The van der Waals surface area contributed by atoms with Crippen molar-refractivity contribution in [1.82, 2.24) is 10.2 Å². The Labute approximate surface area is 135 Å². The maximum Gasteiger partial charge on any atom is 0.260 e. The molecule has 2 rings (SSSR count). The number of hydrogen-bond donors (Lipinski definition) is 1. The number of sulfone groups is 1. The average Bonchev–Trinajstić information content (AvgIpc) is 2.49. The number of amides is 1. The predicted octanol–water partition coefficient (Wildman–Crippen LogP) is 0.440. The molecule has 1 N–H and O–H groups in total. The van der Waals surface area contributed by atoms with E-state index in [4.69, 9.17) is 4.74 Å². The van der Waals surface area contributed by atoms with Gasteiger partial charge in [0, 0.05) is 32.2 Å². The molecule has 1 atom stereocenters. The molecule has 1 amide bonds. The van der Waals surface area contributed by atoms with Crippen LogP contribution in [0.5, 0.6) is 5.75 Å². The number of carbonyl (C=O) groups is 1. The van der Waals surface area contributed by atoms with Crippen LogP contribution in [-0.2, 0) is 14.6 Å². The SMILES string of the molecule is CC(Oc1cccc(F)c1)C(=O)NCCN1CCS(=O)(=O)CC1. The molecule has 0 aliphatic carbocycles. The second kappa shape index (κ2) is 7.74. The number of rotatable bonds is 6. The quantitative estimate of drug-likeness (QED) is 0.810. The molecule has 1 aliphatic heterocycles. The average molecular weight is 344 g/mol. The molecule has 128 valence electrons. The van der Waals surface area contributed by atoms with Crippen LogP contribution in [0.1, 0.15) is 6.92 Å². The standard InChI is InChI=1S/C15H21FN2O4S/c1-12(22-14-4-2-3-13(16)11-14)15(19)17-5-6-18-7-9-23(20,21)10-8-18/h2-4,11-12H,5-10H2,1H3,(H,17,19). The van der Waals surface area contributed by atoms with E-state index in [1.807, 2.05) is 4.90 Å².